The second-order valence-corrected chi connectivity index (χ2v) is 5.60. The molecule has 96 valence electrons. The maximum Gasteiger partial charge on any atom is 0.243 e. The van der Waals surface area contributed by atoms with Crippen molar-refractivity contribution in [1.82, 2.24) is 4.72 Å². The average Bonchev–Trinajstić information content (AvgIpc) is 2.29. The summed E-state index contributed by atoms with van der Waals surface area (Å²) in [7, 11) is -3.93. The molecule has 1 aromatic rings. The highest BCUT2D eigenvalue weighted by Gasteiger charge is 2.21. The SMILES string of the molecule is CCCNS(=O)(=O)c1cc(Cl)cc(CO)c1F. The van der Waals surface area contributed by atoms with Crippen LogP contribution in [0, 0.1) is 5.82 Å². The number of hydrogen-bond acceptors (Lipinski definition) is 3. The molecule has 0 spiro atoms. The van der Waals surface area contributed by atoms with Crippen molar-refractivity contribution in [2.45, 2.75) is 24.8 Å². The lowest BCUT2D eigenvalue weighted by Gasteiger charge is -2.09. The van der Waals surface area contributed by atoms with Crippen molar-refractivity contribution in [1.29, 1.82) is 0 Å². The highest BCUT2D eigenvalue weighted by Crippen LogP contribution is 2.23. The Morgan fingerprint density at radius 2 is 2.12 bits per heavy atom. The van der Waals surface area contributed by atoms with E-state index >= 15 is 0 Å². The summed E-state index contributed by atoms with van der Waals surface area (Å²) in [6.45, 7) is 1.39. The molecule has 0 radical (unpaired) electrons. The van der Waals surface area contributed by atoms with Gasteiger partial charge in [-0.1, -0.05) is 18.5 Å². The lowest BCUT2D eigenvalue weighted by molar-refractivity contribution is 0.274. The monoisotopic (exact) mass is 281 g/mol. The largest absolute Gasteiger partial charge is 0.392 e. The molecule has 1 aromatic carbocycles. The van der Waals surface area contributed by atoms with E-state index < -0.39 is 27.3 Å². The van der Waals surface area contributed by atoms with Gasteiger partial charge in [-0.05, 0) is 18.6 Å². The minimum Gasteiger partial charge on any atom is -0.392 e. The van der Waals surface area contributed by atoms with Crippen molar-refractivity contribution in [2.75, 3.05) is 6.54 Å². The molecule has 17 heavy (non-hydrogen) atoms. The molecule has 0 aromatic heterocycles. The highest BCUT2D eigenvalue weighted by atomic mass is 35.5. The Morgan fingerprint density at radius 1 is 1.47 bits per heavy atom. The summed E-state index contributed by atoms with van der Waals surface area (Å²) in [5.41, 5.74) is -0.144. The van der Waals surface area contributed by atoms with Crippen LogP contribution in [0.5, 0.6) is 0 Å². The molecule has 1 rings (SSSR count). The van der Waals surface area contributed by atoms with Crippen LogP contribution < -0.4 is 4.72 Å². The topological polar surface area (TPSA) is 66.4 Å². The minimum atomic E-state index is -3.93. The molecule has 0 amide bonds. The number of rotatable bonds is 5. The first-order valence-electron chi connectivity index (χ1n) is 5.00. The van der Waals surface area contributed by atoms with Crippen LogP contribution in [0.3, 0.4) is 0 Å². The molecule has 0 atom stereocenters. The van der Waals surface area contributed by atoms with Gasteiger partial charge in [-0.15, -0.1) is 0 Å². The lowest BCUT2D eigenvalue weighted by Crippen LogP contribution is -2.25. The normalized spacial score (nSPS) is 11.8. The Labute approximate surface area is 104 Å². The molecule has 0 saturated carbocycles. The summed E-state index contributed by atoms with van der Waals surface area (Å²) in [5, 5.41) is 8.96. The number of halogens is 2. The molecule has 7 heteroatoms. The number of nitrogens with one attached hydrogen (secondary N) is 1. The van der Waals surface area contributed by atoms with Crippen molar-refractivity contribution >= 4 is 21.6 Å². The predicted octanol–water partition coefficient (Wildman–Crippen LogP) is 1.66. The highest BCUT2D eigenvalue weighted by molar-refractivity contribution is 7.89. The Morgan fingerprint density at radius 3 is 2.65 bits per heavy atom. The standard InChI is InChI=1S/C10H13ClFNO3S/c1-2-3-13-17(15,16)9-5-8(11)4-7(6-14)10(9)12/h4-5,13-14H,2-3,6H2,1H3. The van der Waals surface area contributed by atoms with Crippen LogP contribution in [-0.4, -0.2) is 20.1 Å². The van der Waals surface area contributed by atoms with Crippen LogP contribution in [0.2, 0.25) is 5.02 Å². The van der Waals surface area contributed by atoms with Gasteiger partial charge < -0.3 is 5.11 Å². The van der Waals surface area contributed by atoms with Gasteiger partial charge in [0.2, 0.25) is 10.0 Å². The van der Waals surface area contributed by atoms with Crippen molar-refractivity contribution in [3.8, 4) is 0 Å². The summed E-state index contributed by atoms with van der Waals surface area (Å²) in [6.07, 6.45) is 0.592. The van der Waals surface area contributed by atoms with Gasteiger partial charge in [0.25, 0.3) is 0 Å². The van der Waals surface area contributed by atoms with Gasteiger partial charge in [-0.3, -0.25) is 0 Å². The third-order valence-corrected chi connectivity index (χ3v) is 3.76. The van der Waals surface area contributed by atoms with Crippen LogP contribution in [0.15, 0.2) is 17.0 Å². The van der Waals surface area contributed by atoms with E-state index in [1.54, 1.807) is 6.92 Å². The fourth-order valence-corrected chi connectivity index (χ4v) is 2.83. The first-order chi connectivity index (χ1) is 7.92. The van der Waals surface area contributed by atoms with Crippen molar-refractivity contribution in [3.63, 3.8) is 0 Å². The van der Waals surface area contributed by atoms with Gasteiger partial charge in [-0.25, -0.2) is 17.5 Å². The zero-order chi connectivity index (χ0) is 13.1. The zero-order valence-corrected chi connectivity index (χ0v) is 10.8. The van der Waals surface area contributed by atoms with E-state index in [0.717, 1.165) is 6.07 Å². The van der Waals surface area contributed by atoms with Crippen molar-refractivity contribution in [2.24, 2.45) is 0 Å². The van der Waals surface area contributed by atoms with Crippen molar-refractivity contribution < 1.29 is 17.9 Å². The summed E-state index contributed by atoms with van der Waals surface area (Å²) in [5.74, 6) is -0.972. The number of benzene rings is 1. The van der Waals surface area contributed by atoms with Gasteiger partial charge >= 0.3 is 0 Å². The molecule has 0 fully saturated rings. The summed E-state index contributed by atoms with van der Waals surface area (Å²) >= 11 is 5.67. The predicted molar refractivity (Wildman–Crippen MR) is 62.8 cm³/mol. The van der Waals surface area contributed by atoms with Crippen LogP contribution in [-0.2, 0) is 16.6 Å². The molecular weight excluding hydrogens is 269 g/mol. The summed E-state index contributed by atoms with van der Waals surface area (Å²) in [4.78, 5) is -0.539. The van der Waals surface area contributed by atoms with Gasteiger partial charge in [-0.2, -0.15) is 0 Å². The van der Waals surface area contributed by atoms with Crippen LogP contribution in [0.1, 0.15) is 18.9 Å². The number of sulfonamides is 1. The summed E-state index contributed by atoms with van der Waals surface area (Å²) in [6, 6.07) is 2.21. The first-order valence-corrected chi connectivity index (χ1v) is 6.87. The van der Waals surface area contributed by atoms with Gasteiger partial charge in [0.1, 0.15) is 10.7 Å². The van der Waals surface area contributed by atoms with E-state index in [9.17, 15) is 12.8 Å². The van der Waals surface area contributed by atoms with E-state index in [4.69, 9.17) is 16.7 Å². The quantitative estimate of drug-likeness (QED) is 0.863. The van der Waals surface area contributed by atoms with Crippen LogP contribution in [0.4, 0.5) is 4.39 Å². The zero-order valence-electron chi connectivity index (χ0n) is 9.20. The Hall–Kier alpha value is -0.690. The smallest absolute Gasteiger partial charge is 0.243 e. The average molecular weight is 282 g/mol. The maximum atomic E-state index is 13.7. The van der Waals surface area contributed by atoms with E-state index in [2.05, 4.69) is 4.72 Å². The molecule has 0 saturated heterocycles. The maximum absolute atomic E-state index is 13.7. The number of hydrogen-bond donors (Lipinski definition) is 2. The van der Waals surface area contributed by atoms with Gasteiger partial charge in [0.15, 0.2) is 0 Å². The Balaban J connectivity index is 3.26. The minimum absolute atomic E-state index is 0.0623. The molecule has 2 N–H and O–H groups in total. The summed E-state index contributed by atoms with van der Waals surface area (Å²) < 4.78 is 39.5. The number of aliphatic hydroxyl groups is 1. The molecule has 4 nitrogen and oxygen atoms in total. The Bertz CT molecular complexity index is 505. The van der Waals surface area contributed by atoms with Gasteiger partial charge in [0, 0.05) is 17.1 Å². The molecule has 0 aliphatic carbocycles. The van der Waals surface area contributed by atoms with Crippen LogP contribution in [0.25, 0.3) is 0 Å². The van der Waals surface area contributed by atoms with E-state index in [1.807, 2.05) is 0 Å². The molecule has 0 heterocycles. The third kappa shape index (κ3) is 3.38. The second kappa shape index (κ2) is 5.77. The molecule has 0 unspecified atom stereocenters. The van der Waals surface area contributed by atoms with Crippen LogP contribution >= 0.6 is 11.6 Å². The first kappa shape index (κ1) is 14.4. The molecular formula is C10H13ClFNO3S. The Kier molecular flexibility index (Phi) is 4.88. The molecule has 0 bridgehead atoms. The lowest BCUT2D eigenvalue weighted by atomic mass is 10.2. The van der Waals surface area contributed by atoms with E-state index in [0.29, 0.717) is 6.42 Å². The molecule has 0 aliphatic rings. The number of aliphatic hydroxyl groups excluding tert-OH is 1. The van der Waals surface area contributed by atoms with Crippen molar-refractivity contribution in [3.05, 3.63) is 28.5 Å². The van der Waals surface area contributed by atoms with Gasteiger partial charge in [0.05, 0.1) is 6.61 Å². The fourth-order valence-electron chi connectivity index (χ4n) is 1.24. The molecule has 0 aliphatic heterocycles. The van der Waals surface area contributed by atoms with E-state index in [1.165, 1.54) is 6.07 Å². The van der Waals surface area contributed by atoms with E-state index in [-0.39, 0.29) is 17.1 Å². The third-order valence-electron chi connectivity index (χ3n) is 2.08. The second-order valence-electron chi connectivity index (χ2n) is 3.43. The fraction of sp³-hybridized carbons (Fsp3) is 0.400.